The van der Waals surface area contributed by atoms with Crippen molar-refractivity contribution in [3.05, 3.63) is 36.2 Å². The Balaban J connectivity index is 2.09. The van der Waals surface area contributed by atoms with Crippen LogP contribution in [0.15, 0.2) is 36.2 Å². The number of rotatable bonds is 7. The Morgan fingerprint density at radius 3 is 3.06 bits per heavy atom. The molecule has 3 heteroatoms. The fraction of sp³-hybridized carbons (Fsp3) is 0.538. The van der Waals surface area contributed by atoms with Crippen molar-refractivity contribution in [2.24, 2.45) is 0 Å². The van der Waals surface area contributed by atoms with Crippen LogP contribution < -0.4 is 5.32 Å². The topological polar surface area (TPSA) is 24.5 Å². The van der Waals surface area contributed by atoms with Crippen molar-refractivity contribution >= 4 is 0 Å². The standard InChI is InChI=1S/C13H22N2O/c1-3-16-12-10-14-9-5-4-7-13-8-6-11-15(13)2/h4-5,7-9,14H,3,6,10-12H2,1-2H3/b7-4-,9-5+. The highest BCUT2D eigenvalue weighted by Crippen LogP contribution is 2.12. The number of hydrogen-bond donors (Lipinski definition) is 1. The molecule has 0 spiro atoms. The van der Waals surface area contributed by atoms with Crippen LogP contribution in [0.1, 0.15) is 13.3 Å². The van der Waals surface area contributed by atoms with E-state index in [2.05, 4.69) is 35.5 Å². The molecule has 90 valence electrons. The largest absolute Gasteiger partial charge is 0.389 e. The number of likely N-dealkylation sites (N-methyl/N-ethyl adjacent to an activating group) is 1. The Morgan fingerprint density at radius 1 is 1.50 bits per heavy atom. The summed E-state index contributed by atoms with van der Waals surface area (Å²) in [5.74, 6) is 0. The van der Waals surface area contributed by atoms with Gasteiger partial charge in [0.15, 0.2) is 0 Å². The van der Waals surface area contributed by atoms with Crippen LogP contribution in [0.2, 0.25) is 0 Å². The molecule has 1 N–H and O–H groups in total. The minimum absolute atomic E-state index is 0.762. The molecule has 0 amide bonds. The molecule has 1 aliphatic rings. The molecule has 1 rings (SSSR count). The monoisotopic (exact) mass is 222 g/mol. The number of allylic oxidation sites excluding steroid dienone is 3. The second kappa shape index (κ2) is 7.99. The average Bonchev–Trinajstić information content (AvgIpc) is 2.68. The lowest BCUT2D eigenvalue weighted by molar-refractivity contribution is 0.152. The third kappa shape index (κ3) is 5.03. The third-order valence-corrected chi connectivity index (χ3v) is 2.45. The van der Waals surface area contributed by atoms with Gasteiger partial charge in [0.25, 0.3) is 0 Å². The van der Waals surface area contributed by atoms with E-state index in [1.807, 2.05) is 19.2 Å². The van der Waals surface area contributed by atoms with Crippen molar-refractivity contribution in [1.82, 2.24) is 10.2 Å². The molecule has 0 saturated carbocycles. The zero-order valence-electron chi connectivity index (χ0n) is 10.3. The molecule has 0 atom stereocenters. The normalized spacial score (nSPS) is 16.4. The fourth-order valence-corrected chi connectivity index (χ4v) is 1.52. The summed E-state index contributed by atoms with van der Waals surface area (Å²) in [6, 6.07) is 0. The lowest BCUT2D eigenvalue weighted by atomic mass is 10.3. The quantitative estimate of drug-likeness (QED) is 0.526. The van der Waals surface area contributed by atoms with Crippen LogP contribution in [0.3, 0.4) is 0 Å². The molecule has 0 fully saturated rings. The van der Waals surface area contributed by atoms with E-state index in [1.165, 1.54) is 5.70 Å². The van der Waals surface area contributed by atoms with Gasteiger partial charge in [-0.05, 0) is 31.7 Å². The van der Waals surface area contributed by atoms with E-state index >= 15 is 0 Å². The molecule has 0 aromatic heterocycles. The zero-order chi connectivity index (χ0) is 11.6. The van der Waals surface area contributed by atoms with Gasteiger partial charge in [-0.25, -0.2) is 0 Å². The van der Waals surface area contributed by atoms with Crippen LogP contribution in [0.5, 0.6) is 0 Å². The maximum absolute atomic E-state index is 5.21. The minimum Gasteiger partial charge on any atom is -0.389 e. The van der Waals surface area contributed by atoms with E-state index in [-0.39, 0.29) is 0 Å². The molecule has 3 nitrogen and oxygen atoms in total. The molecule has 1 aliphatic heterocycles. The molecule has 1 heterocycles. The number of ether oxygens (including phenoxy) is 1. The van der Waals surface area contributed by atoms with E-state index in [4.69, 9.17) is 4.74 Å². The predicted molar refractivity (Wildman–Crippen MR) is 68.1 cm³/mol. The van der Waals surface area contributed by atoms with Crippen molar-refractivity contribution in [3.8, 4) is 0 Å². The first-order chi connectivity index (χ1) is 7.84. The summed E-state index contributed by atoms with van der Waals surface area (Å²) in [4.78, 5) is 2.26. The van der Waals surface area contributed by atoms with E-state index in [1.54, 1.807) is 0 Å². The molecular weight excluding hydrogens is 200 g/mol. The molecule has 0 aromatic rings. The lowest BCUT2D eigenvalue weighted by Crippen LogP contribution is -2.13. The van der Waals surface area contributed by atoms with Gasteiger partial charge in [-0.1, -0.05) is 12.2 Å². The summed E-state index contributed by atoms with van der Waals surface area (Å²) in [7, 11) is 2.12. The van der Waals surface area contributed by atoms with Crippen LogP contribution in [-0.4, -0.2) is 38.3 Å². The van der Waals surface area contributed by atoms with Gasteiger partial charge in [-0.3, -0.25) is 0 Å². The van der Waals surface area contributed by atoms with Gasteiger partial charge < -0.3 is 15.0 Å². The summed E-state index contributed by atoms with van der Waals surface area (Å²) in [6.07, 6.45) is 11.6. The third-order valence-electron chi connectivity index (χ3n) is 2.45. The van der Waals surface area contributed by atoms with Gasteiger partial charge in [0.1, 0.15) is 0 Å². The maximum atomic E-state index is 5.21. The van der Waals surface area contributed by atoms with Crippen molar-refractivity contribution in [2.75, 3.05) is 33.4 Å². The van der Waals surface area contributed by atoms with Gasteiger partial charge in [0, 0.05) is 32.4 Å². The highest BCUT2D eigenvalue weighted by Gasteiger charge is 2.05. The van der Waals surface area contributed by atoms with Crippen LogP contribution in [0.25, 0.3) is 0 Å². The fourth-order valence-electron chi connectivity index (χ4n) is 1.52. The van der Waals surface area contributed by atoms with Crippen molar-refractivity contribution in [1.29, 1.82) is 0 Å². The number of nitrogens with zero attached hydrogens (tertiary/aromatic N) is 1. The van der Waals surface area contributed by atoms with E-state index in [9.17, 15) is 0 Å². The molecule has 0 unspecified atom stereocenters. The average molecular weight is 222 g/mol. The summed E-state index contributed by atoms with van der Waals surface area (Å²) in [6.45, 7) is 5.55. The Hall–Kier alpha value is -1.22. The lowest BCUT2D eigenvalue weighted by Gasteiger charge is -2.11. The highest BCUT2D eigenvalue weighted by molar-refractivity contribution is 5.23. The second-order valence-electron chi connectivity index (χ2n) is 3.71. The van der Waals surface area contributed by atoms with Crippen molar-refractivity contribution < 1.29 is 4.74 Å². The zero-order valence-corrected chi connectivity index (χ0v) is 10.3. The minimum atomic E-state index is 0.762. The first kappa shape index (κ1) is 12.8. The van der Waals surface area contributed by atoms with Gasteiger partial charge >= 0.3 is 0 Å². The molecule has 16 heavy (non-hydrogen) atoms. The molecular formula is C13H22N2O. The highest BCUT2D eigenvalue weighted by atomic mass is 16.5. The van der Waals surface area contributed by atoms with Crippen LogP contribution in [0.4, 0.5) is 0 Å². The van der Waals surface area contributed by atoms with Crippen molar-refractivity contribution in [2.45, 2.75) is 13.3 Å². The smallest absolute Gasteiger partial charge is 0.0638 e. The molecule has 0 bridgehead atoms. The van der Waals surface area contributed by atoms with Crippen LogP contribution in [0, 0.1) is 0 Å². The summed E-state index contributed by atoms with van der Waals surface area (Å²) < 4.78 is 5.21. The molecule has 0 saturated heterocycles. The summed E-state index contributed by atoms with van der Waals surface area (Å²) in [5.41, 5.74) is 1.30. The predicted octanol–water partition coefficient (Wildman–Crippen LogP) is 1.90. The second-order valence-corrected chi connectivity index (χ2v) is 3.71. The van der Waals surface area contributed by atoms with Crippen molar-refractivity contribution in [3.63, 3.8) is 0 Å². The van der Waals surface area contributed by atoms with Gasteiger partial charge in [0.05, 0.1) is 6.61 Å². The summed E-state index contributed by atoms with van der Waals surface area (Å²) in [5, 5.41) is 3.17. The Kier molecular flexibility index (Phi) is 6.42. The number of nitrogens with one attached hydrogen (secondary N) is 1. The van der Waals surface area contributed by atoms with E-state index in [0.717, 1.165) is 32.7 Å². The molecule has 0 aliphatic carbocycles. The summed E-state index contributed by atoms with van der Waals surface area (Å²) >= 11 is 0. The Morgan fingerprint density at radius 2 is 2.38 bits per heavy atom. The van der Waals surface area contributed by atoms with E-state index in [0.29, 0.717) is 0 Å². The Bertz CT molecular complexity index is 269. The molecule has 0 aromatic carbocycles. The first-order valence-corrected chi connectivity index (χ1v) is 5.90. The first-order valence-electron chi connectivity index (χ1n) is 5.90. The Labute approximate surface area is 98.5 Å². The van der Waals surface area contributed by atoms with Crippen LogP contribution in [-0.2, 0) is 4.74 Å². The number of hydrogen-bond acceptors (Lipinski definition) is 3. The van der Waals surface area contributed by atoms with E-state index < -0.39 is 0 Å². The van der Waals surface area contributed by atoms with Gasteiger partial charge in [0.2, 0.25) is 0 Å². The van der Waals surface area contributed by atoms with Gasteiger partial charge in [-0.15, -0.1) is 0 Å². The maximum Gasteiger partial charge on any atom is 0.0638 e. The van der Waals surface area contributed by atoms with Gasteiger partial charge in [-0.2, -0.15) is 0 Å². The molecule has 0 radical (unpaired) electrons. The SMILES string of the molecule is CCOCCN/C=C/C=C\C1=CCCN1C. The van der Waals surface area contributed by atoms with Crippen LogP contribution >= 0.6 is 0 Å².